The van der Waals surface area contributed by atoms with Gasteiger partial charge >= 0.3 is 0 Å². The van der Waals surface area contributed by atoms with E-state index in [9.17, 15) is 18.7 Å². The molecule has 0 atom stereocenters. The molecule has 2 fully saturated rings. The van der Waals surface area contributed by atoms with Crippen LogP contribution in [0.4, 0.5) is 14.5 Å². The van der Waals surface area contributed by atoms with Crippen molar-refractivity contribution in [3.8, 4) is 5.69 Å². The molecule has 0 saturated carbocycles. The standard InChI is InChI=1S/C30H34F2N6O2/c1-22-2-4-23(5-3-22)19-35-14-10-29(40,11-15-35)20-37-21-33-27-26(28(37)39)18-34-38(27)25-8-6-24(7-9-25)36-16-12-30(31,32)13-17-36/h2-9,18,21,40H,10-17,19-20H2,1H3. The summed E-state index contributed by atoms with van der Waals surface area (Å²) in [5, 5.41) is 16.1. The molecule has 0 aliphatic carbocycles. The van der Waals surface area contributed by atoms with Gasteiger partial charge in [0, 0.05) is 51.3 Å². The Bertz CT molecular complexity index is 1530. The predicted octanol–water partition coefficient (Wildman–Crippen LogP) is 4.15. The summed E-state index contributed by atoms with van der Waals surface area (Å²) in [6, 6.07) is 16.0. The van der Waals surface area contributed by atoms with Crippen LogP contribution < -0.4 is 10.5 Å². The maximum atomic E-state index is 13.5. The first-order valence-electron chi connectivity index (χ1n) is 13.8. The highest BCUT2D eigenvalue weighted by Gasteiger charge is 2.34. The highest BCUT2D eigenvalue weighted by molar-refractivity contribution is 5.75. The van der Waals surface area contributed by atoms with Crippen molar-refractivity contribution in [1.82, 2.24) is 24.2 Å². The minimum absolute atomic E-state index is 0.143. The quantitative estimate of drug-likeness (QED) is 0.390. The molecule has 0 bridgehead atoms. The molecule has 2 aromatic carbocycles. The highest BCUT2D eigenvalue weighted by atomic mass is 19.3. The Morgan fingerprint density at radius 2 is 1.55 bits per heavy atom. The SMILES string of the molecule is Cc1ccc(CN2CCC(O)(Cn3cnc4c(cnn4-c4ccc(N5CCC(F)(F)CC5)cc4)c3=O)CC2)cc1. The number of rotatable bonds is 6. The lowest BCUT2D eigenvalue weighted by atomic mass is 9.91. The maximum Gasteiger partial charge on any atom is 0.264 e. The van der Waals surface area contributed by atoms with Crippen LogP contribution in [0, 0.1) is 6.92 Å². The number of aryl methyl sites for hydroxylation is 1. The lowest BCUT2D eigenvalue weighted by molar-refractivity contribution is -0.0365. The number of fused-ring (bicyclic) bond motifs is 1. The Hall–Kier alpha value is -3.63. The van der Waals surface area contributed by atoms with Gasteiger partial charge in [0.2, 0.25) is 0 Å². The zero-order valence-electron chi connectivity index (χ0n) is 22.6. The Morgan fingerprint density at radius 1 is 0.900 bits per heavy atom. The van der Waals surface area contributed by atoms with Crippen molar-refractivity contribution in [2.75, 3.05) is 31.1 Å². The summed E-state index contributed by atoms with van der Waals surface area (Å²) in [6.07, 6.45) is 3.86. The average Bonchev–Trinajstić information content (AvgIpc) is 3.38. The second kappa shape index (κ2) is 10.4. The molecular weight excluding hydrogens is 514 g/mol. The maximum absolute atomic E-state index is 13.5. The number of aliphatic hydroxyl groups is 1. The fourth-order valence-electron chi connectivity index (χ4n) is 5.70. The third-order valence-electron chi connectivity index (χ3n) is 8.29. The third kappa shape index (κ3) is 5.51. The second-order valence-corrected chi connectivity index (χ2v) is 11.3. The summed E-state index contributed by atoms with van der Waals surface area (Å²) in [5.74, 6) is -2.59. The first kappa shape index (κ1) is 26.6. The first-order chi connectivity index (χ1) is 19.2. The highest BCUT2D eigenvalue weighted by Crippen LogP contribution is 2.31. The third-order valence-corrected chi connectivity index (χ3v) is 8.29. The summed E-state index contributed by atoms with van der Waals surface area (Å²) in [6.45, 7) is 5.24. The van der Waals surface area contributed by atoms with Crippen LogP contribution in [-0.4, -0.2) is 67.0 Å². The molecule has 0 amide bonds. The average molecular weight is 549 g/mol. The molecule has 1 N–H and O–H groups in total. The van der Waals surface area contributed by atoms with Crippen LogP contribution in [0.25, 0.3) is 16.7 Å². The molecule has 2 aliphatic heterocycles. The monoisotopic (exact) mass is 548 g/mol. The molecule has 8 nitrogen and oxygen atoms in total. The van der Waals surface area contributed by atoms with E-state index in [0.717, 1.165) is 31.0 Å². The molecule has 10 heteroatoms. The molecule has 210 valence electrons. The molecule has 4 heterocycles. The fourth-order valence-corrected chi connectivity index (χ4v) is 5.70. The van der Waals surface area contributed by atoms with Gasteiger partial charge in [0.05, 0.1) is 24.0 Å². The number of nitrogens with zero attached hydrogens (tertiary/aromatic N) is 6. The number of likely N-dealkylation sites (tertiary alicyclic amines) is 1. The number of alkyl halides is 2. The summed E-state index contributed by atoms with van der Waals surface area (Å²) in [7, 11) is 0. The van der Waals surface area contributed by atoms with Crippen molar-refractivity contribution in [3.05, 3.63) is 82.5 Å². The van der Waals surface area contributed by atoms with E-state index in [1.807, 2.05) is 29.2 Å². The Kier molecular flexibility index (Phi) is 6.92. The Morgan fingerprint density at radius 3 is 2.23 bits per heavy atom. The Balaban J connectivity index is 1.13. The smallest absolute Gasteiger partial charge is 0.264 e. The normalized spacial score (nSPS) is 19.2. The molecule has 6 rings (SSSR count). The molecular formula is C30H34F2N6O2. The van der Waals surface area contributed by atoms with Gasteiger partial charge in [0.25, 0.3) is 11.5 Å². The van der Waals surface area contributed by atoms with Crippen LogP contribution in [0.1, 0.15) is 36.8 Å². The van der Waals surface area contributed by atoms with Gasteiger partial charge in [-0.15, -0.1) is 0 Å². The minimum atomic E-state index is -2.59. The van der Waals surface area contributed by atoms with Gasteiger partial charge in [0.15, 0.2) is 5.65 Å². The summed E-state index contributed by atoms with van der Waals surface area (Å²) >= 11 is 0. The number of piperidine rings is 2. The van der Waals surface area contributed by atoms with Crippen LogP contribution in [0.5, 0.6) is 0 Å². The molecule has 0 spiro atoms. The van der Waals surface area contributed by atoms with E-state index >= 15 is 0 Å². The van der Waals surface area contributed by atoms with Crippen molar-refractivity contribution in [1.29, 1.82) is 0 Å². The van der Waals surface area contributed by atoms with E-state index in [1.54, 1.807) is 4.68 Å². The number of aromatic nitrogens is 4. The van der Waals surface area contributed by atoms with Crippen molar-refractivity contribution < 1.29 is 13.9 Å². The van der Waals surface area contributed by atoms with Crippen molar-refractivity contribution in [2.45, 2.75) is 57.2 Å². The molecule has 0 radical (unpaired) electrons. The van der Waals surface area contributed by atoms with Crippen LogP contribution >= 0.6 is 0 Å². The number of hydrogen-bond donors (Lipinski definition) is 1. The molecule has 0 unspecified atom stereocenters. The zero-order valence-corrected chi connectivity index (χ0v) is 22.6. The van der Waals surface area contributed by atoms with Crippen molar-refractivity contribution >= 4 is 16.7 Å². The van der Waals surface area contributed by atoms with Gasteiger partial charge in [-0.25, -0.2) is 18.4 Å². The van der Waals surface area contributed by atoms with Gasteiger partial charge in [-0.05, 0) is 49.6 Å². The molecule has 40 heavy (non-hydrogen) atoms. The largest absolute Gasteiger partial charge is 0.388 e. The topological polar surface area (TPSA) is 79.4 Å². The number of benzene rings is 2. The van der Waals surface area contributed by atoms with Gasteiger partial charge in [-0.2, -0.15) is 5.10 Å². The van der Waals surface area contributed by atoms with E-state index in [1.165, 1.54) is 28.2 Å². The van der Waals surface area contributed by atoms with E-state index in [0.29, 0.717) is 37.0 Å². The Labute approximate surface area is 231 Å². The van der Waals surface area contributed by atoms with E-state index in [2.05, 4.69) is 46.2 Å². The number of hydrogen-bond acceptors (Lipinski definition) is 6. The van der Waals surface area contributed by atoms with Gasteiger partial charge in [-0.1, -0.05) is 29.8 Å². The first-order valence-corrected chi connectivity index (χ1v) is 13.8. The van der Waals surface area contributed by atoms with Gasteiger partial charge in [-0.3, -0.25) is 14.3 Å². The summed E-state index contributed by atoms with van der Waals surface area (Å²) < 4.78 is 30.1. The number of anilines is 1. The molecule has 4 aromatic rings. The predicted molar refractivity (Wildman–Crippen MR) is 150 cm³/mol. The fraction of sp³-hybridized carbons (Fsp3) is 0.433. The van der Waals surface area contributed by atoms with Crippen LogP contribution in [0.3, 0.4) is 0 Å². The molecule has 2 aromatic heterocycles. The van der Waals surface area contributed by atoms with Crippen LogP contribution in [0.2, 0.25) is 0 Å². The lowest BCUT2D eigenvalue weighted by Crippen LogP contribution is -2.47. The molecule has 2 saturated heterocycles. The van der Waals surface area contributed by atoms with Crippen LogP contribution in [0.15, 0.2) is 65.8 Å². The van der Waals surface area contributed by atoms with Gasteiger partial charge in [0.1, 0.15) is 11.7 Å². The zero-order chi connectivity index (χ0) is 27.9. The van der Waals surface area contributed by atoms with E-state index in [4.69, 9.17) is 0 Å². The van der Waals surface area contributed by atoms with E-state index in [-0.39, 0.29) is 24.9 Å². The summed E-state index contributed by atoms with van der Waals surface area (Å²) in [4.78, 5) is 22.1. The lowest BCUT2D eigenvalue weighted by Gasteiger charge is -2.38. The van der Waals surface area contributed by atoms with E-state index < -0.39 is 11.5 Å². The van der Waals surface area contributed by atoms with Crippen molar-refractivity contribution in [2.24, 2.45) is 0 Å². The second-order valence-electron chi connectivity index (χ2n) is 11.3. The molecule has 2 aliphatic rings. The summed E-state index contributed by atoms with van der Waals surface area (Å²) in [5.41, 5.74) is 3.32. The van der Waals surface area contributed by atoms with Crippen molar-refractivity contribution in [3.63, 3.8) is 0 Å². The van der Waals surface area contributed by atoms with Crippen LogP contribution in [-0.2, 0) is 13.1 Å². The minimum Gasteiger partial charge on any atom is -0.388 e. The number of halogens is 2. The van der Waals surface area contributed by atoms with Gasteiger partial charge < -0.3 is 10.0 Å².